The number of oxazole rings is 1. The third kappa shape index (κ3) is 5.09. The molecule has 0 radical (unpaired) electrons. The second-order valence-electron chi connectivity index (χ2n) is 8.94. The molecule has 3 saturated carbocycles. The summed E-state index contributed by atoms with van der Waals surface area (Å²) in [5.41, 5.74) is 5.16. The molecule has 1 aromatic heterocycles. The van der Waals surface area contributed by atoms with E-state index in [9.17, 15) is 14.0 Å². The van der Waals surface area contributed by atoms with Crippen molar-refractivity contribution in [1.82, 2.24) is 10.3 Å². The summed E-state index contributed by atoms with van der Waals surface area (Å²) in [6, 6.07) is 2.47. The third-order valence-corrected chi connectivity index (χ3v) is 7.66. The van der Waals surface area contributed by atoms with E-state index in [2.05, 4.69) is 14.7 Å². The summed E-state index contributed by atoms with van der Waals surface area (Å²) in [5, 5.41) is 3.73. The molecular formula is C23H26Cl2FN3O3. The fourth-order valence-corrected chi connectivity index (χ4v) is 5.52. The van der Waals surface area contributed by atoms with E-state index < -0.39 is 5.91 Å². The number of nitrogens with two attached hydrogens (primary N) is 1. The van der Waals surface area contributed by atoms with Crippen LogP contribution in [-0.4, -0.2) is 16.8 Å². The van der Waals surface area contributed by atoms with Crippen LogP contribution in [0.4, 0.5) is 4.39 Å². The van der Waals surface area contributed by atoms with E-state index in [1.165, 1.54) is 24.8 Å². The van der Waals surface area contributed by atoms with E-state index in [0.29, 0.717) is 10.6 Å². The van der Waals surface area contributed by atoms with Gasteiger partial charge in [0, 0.05) is 11.5 Å². The summed E-state index contributed by atoms with van der Waals surface area (Å²) in [4.78, 5) is 26.3. The van der Waals surface area contributed by atoms with Gasteiger partial charge in [0.1, 0.15) is 5.82 Å². The maximum Gasteiger partial charge on any atom is 0.286 e. The molecule has 1 aromatic carbocycles. The van der Waals surface area contributed by atoms with Crippen LogP contribution in [0.5, 0.6) is 0 Å². The Hall–Kier alpha value is -2.12. The Morgan fingerprint density at radius 1 is 1.16 bits per heavy atom. The van der Waals surface area contributed by atoms with Gasteiger partial charge in [-0.25, -0.2) is 9.37 Å². The van der Waals surface area contributed by atoms with Gasteiger partial charge in [0.05, 0.1) is 22.3 Å². The Kier molecular flexibility index (Phi) is 7.05. The van der Waals surface area contributed by atoms with Gasteiger partial charge < -0.3 is 15.5 Å². The van der Waals surface area contributed by atoms with E-state index in [0.717, 1.165) is 56.8 Å². The first-order valence-electron chi connectivity index (χ1n) is 11.0. The van der Waals surface area contributed by atoms with Crippen LogP contribution < -0.4 is 11.1 Å². The van der Waals surface area contributed by atoms with Crippen molar-refractivity contribution in [2.75, 3.05) is 0 Å². The molecule has 0 saturated heterocycles. The molecule has 32 heavy (non-hydrogen) atoms. The average molecular weight is 482 g/mol. The number of carbonyl (C=O) groups is 2. The van der Waals surface area contributed by atoms with E-state index in [1.54, 1.807) is 0 Å². The summed E-state index contributed by atoms with van der Waals surface area (Å²) in [5.74, 6) is 0.987. The van der Waals surface area contributed by atoms with Gasteiger partial charge in [0.2, 0.25) is 11.7 Å². The van der Waals surface area contributed by atoms with Crippen LogP contribution in [0.25, 0.3) is 0 Å². The van der Waals surface area contributed by atoms with Crippen molar-refractivity contribution in [1.29, 1.82) is 0 Å². The number of primary amides is 1. The fourth-order valence-electron chi connectivity index (χ4n) is 5.08. The molecule has 9 heteroatoms. The van der Waals surface area contributed by atoms with E-state index in [1.807, 2.05) is 0 Å². The van der Waals surface area contributed by atoms with Crippen molar-refractivity contribution >= 4 is 35.0 Å². The molecule has 3 unspecified atom stereocenters. The number of rotatable bonds is 5. The maximum atomic E-state index is 14.6. The van der Waals surface area contributed by atoms with Gasteiger partial charge >= 0.3 is 0 Å². The monoisotopic (exact) mass is 481 g/mol. The molecule has 3 fully saturated rings. The van der Waals surface area contributed by atoms with Crippen molar-refractivity contribution < 1.29 is 18.4 Å². The zero-order valence-corrected chi connectivity index (χ0v) is 19.0. The molecule has 0 aliphatic heterocycles. The number of aromatic nitrogens is 1. The molecule has 0 bridgehead atoms. The molecule has 2 aromatic rings. The Bertz CT molecular complexity index is 969. The van der Waals surface area contributed by atoms with Gasteiger partial charge in [-0.2, -0.15) is 0 Å². The minimum atomic E-state index is -0.595. The van der Waals surface area contributed by atoms with Crippen molar-refractivity contribution in [3.63, 3.8) is 0 Å². The predicted molar refractivity (Wildman–Crippen MR) is 119 cm³/mol. The van der Waals surface area contributed by atoms with Gasteiger partial charge in [-0.1, -0.05) is 36.0 Å². The second-order valence-corrected chi connectivity index (χ2v) is 9.73. The van der Waals surface area contributed by atoms with Gasteiger partial charge in [-0.05, 0) is 62.0 Å². The number of hydrogen-bond acceptors (Lipinski definition) is 4. The normalized spacial score (nSPS) is 24.9. The highest BCUT2D eigenvalue weighted by Crippen LogP contribution is 2.57. The zero-order valence-electron chi connectivity index (χ0n) is 17.5. The Labute approximate surface area is 196 Å². The SMILES string of the molecule is NC(=O)c1cnco1.O=C(NC(c1c(F)ccc(Cl)c1Cl)C1CC2CC2C1)C1CCCC1. The first-order chi connectivity index (χ1) is 15.3. The van der Waals surface area contributed by atoms with Crippen molar-refractivity contribution in [3.05, 3.63) is 51.9 Å². The number of carbonyl (C=O) groups excluding carboxylic acids is 2. The summed E-state index contributed by atoms with van der Waals surface area (Å²) in [7, 11) is 0. The largest absolute Gasteiger partial charge is 0.438 e. The Morgan fingerprint density at radius 2 is 1.84 bits per heavy atom. The summed E-state index contributed by atoms with van der Waals surface area (Å²) >= 11 is 12.5. The highest BCUT2D eigenvalue weighted by Gasteiger charge is 2.49. The highest BCUT2D eigenvalue weighted by molar-refractivity contribution is 6.42. The molecule has 1 heterocycles. The van der Waals surface area contributed by atoms with Crippen LogP contribution in [0.15, 0.2) is 29.1 Å². The van der Waals surface area contributed by atoms with Crippen LogP contribution in [0, 0.1) is 29.5 Å². The number of amides is 2. The summed E-state index contributed by atoms with van der Waals surface area (Å²) in [6.45, 7) is 0. The number of benzene rings is 1. The lowest BCUT2D eigenvalue weighted by Crippen LogP contribution is -2.37. The van der Waals surface area contributed by atoms with Crippen molar-refractivity contribution in [2.45, 2.75) is 51.0 Å². The van der Waals surface area contributed by atoms with Crippen LogP contribution >= 0.6 is 23.2 Å². The zero-order chi connectivity index (χ0) is 22.8. The molecule has 2 amide bonds. The summed E-state index contributed by atoms with van der Waals surface area (Å²) in [6.07, 6.45) is 9.85. The lowest BCUT2D eigenvalue weighted by Gasteiger charge is -2.29. The Morgan fingerprint density at radius 3 is 2.41 bits per heavy atom. The number of nitrogens with one attached hydrogen (secondary N) is 1. The fraction of sp³-hybridized carbons (Fsp3) is 0.522. The number of nitrogens with zero attached hydrogens (tertiary/aromatic N) is 1. The lowest BCUT2D eigenvalue weighted by molar-refractivity contribution is -0.126. The van der Waals surface area contributed by atoms with Crippen molar-refractivity contribution in [3.8, 4) is 0 Å². The van der Waals surface area contributed by atoms with E-state index >= 15 is 0 Å². The molecule has 3 aliphatic rings. The van der Waals surface area contributed by atoms with E-state index in [-0.39, 0.29) is 40.4 Å². The number of fused-ring (bicyclic) bond motifs is 1. The minimum absolute atomic E-state index is 0.0496. The predicted octanol–water partition coefficient (Wildman–Crippen LogP) is 5.30. The van der Waals surface area contributed by atoms with Crippen LogP contribution in [0.3, 0.4) is 0 Å². The standard InChI is InChI=1S/C19H22Cl2FNO.C4H4N2O2/c20-14-5-6-15(22)16(17(14)21)18(13-8-11-7-12(11)9-13)23-19(24)10-3-1-2-4-10;5-4(7)3-1-6-2-8-3/h5-6,10-13,18H,1-4,7-9H2,(H,23,24);1-2H,(H2,5,7). The molecule has 3 atom stereocenters. The maximum absolute atomic E-state index is 14.6. The van der Waals surface area contributed by atoms with Gasteiger partial charge in [0.15, 0.2) is 6.39 Å². The second kappa shape index (κ2) is 9.79. The van der Waals surface area contributed by atoms with Crippen LogP contribution in [0.2, 0.25) is 10.0 Å². The Balaban J connectivity index is 0.000000260. The average Bonchev–Trinajstić information content (AvgIpc) is 3.29. The lowest BCUT2D eigenvalue weighted by atomic mass is 9.88. The van der Waals surface area contributed by atoms with Gasteiger partial charge in [-0.15, -0.1) is 0 Å². The molecule has 6 nitrogen and oxygen atoms in total. The minimum Gasteiger partial charge on any atom is -0.438 e. The molecule has 5 rings (SSSR count). The molecule has 172 valence electrons. The smallest absolute Gasteiger partial charge is 0.286 e. The number of halogens is 3. The van der Waals surface area contributed by atoms with Crippen molar-refractivity contribution in [2.24, 2.45) is 29.4 Å². The van der Waals surface area contributed by atoms with E-state index in [4.69, 9.17) is 28.9 Å². The summed E-state index contributed by atoms with van der Waals surface area (Å²) < 4.78 is 19.1. The highest BCUT2D eigenvalue weighted by atomic mass is 35.5. The van der Waals surface area contributed by atoms with Gasteiger partial charge in [0.25, 0.3) is 5.91 Å². The third-order valence-electron chi connectivity index (χ3n) is 6.84. The van der Waals surface area contributed by atoms with Crippen LogP contribution in [-0.2, 0) is 4.79 Å². The number of hydrogen-bond donors (Lipinski definition) is 2. The quantitative estimate of drug-likeness (QED) is 0.565. The molecule has 3 aliphatic carbocycles. The topological polar surface area (TPSA) is 98.2 Å². The first kappa shape index (κ1) is 23.1. The first-order valence-corrected chi connectivity index (χ1v) is 11.7. The molecular weight excluding hydrogens is 456 g/mol. The molecule has 0 spiro atoms. The molecule has 3 N–H and O–H groups in total. The van der Waals surface area contributed by atoms with Gasteiger partial charge in [-0.3, -0.25) is 9.59 Å². The van der Waals surface area contributed by atoms with Crippen LogP contribution in [0.1, 0.15) is 67.1 Å².